The Morgan fingerprint density at radius 3 is 1.18 bits per heavy atom. The van der Waals surface area contributed by atoms with E-state index in [1.165, 1.54) is 126 Å². The van der Waals surface area contributed by atoms with Crippen LogP contribution in [0, 0.1) is 5.92 Å². The zero-order valence-electron chi connectivity index (χ0n) is 25.0. The first kappa shape index (κ1) is 31.2. The summed E-state index contributed by atoms with van der Waals surface area (Å²) in [6.07, 6.45) is 25.3. The highest BCUT2D eigenvalue weighted by Crippen LogP contribution is 2.37. The van der Waals surface area contributed by atoms with Crippen molar-refractivity contribution < 1.29 is 0 Å². The van der Waals surface area contributed by atoms with Crippen molar-refractivity contribution in [3.05, 3.63) is 108 Å². The van der Waals surface area contributed by atoms with Gasteiger partial charge in [0.1, 0.15) is 0 Å². The summed E-state index contributed by atoms with van der Waals surface area (Å²) in [5, 5.41) is 0. The fourth-order valence-corrected chi connectivity index (χ4v) is 6.32. The van der Waals surface area contributed by atoms with Crippen LogP contribution < -0.4 is 0 Å². The topological polar surface area (TPSA) is 0 Å². The van der Waals surface area contributed by atoms with Crippen molar-refractivity contribution in [1.82, 2.24) is 0 Å². The second-order valence-electron chi connectivity index (χ2n) is 11.8. The average molecular weight is 525 g/mol. The van der Waals surface area contributed by atoms with Gasteiger partial charge in [-0.15, -0.1) is 0 Å². The van der Waals surface area contributed by atoms with E-state index in [9.17, 15) is 0 Å². The van der Waals surface area contributed by atoms with Crippen LogP contribution in [0.2, 0.25) is 0 Å². The maximum atomic E-state index is 2.34. The van der Waals surface area contributed by atoms with Gasteiger partial charge in [-0.2, -0.15) is 0 Å². The Labute approximate surface area is 241 Å². The highest BCUT2D eigenvalue weighted by Gasteiger charge is 2.25. The van der Waals surface area contributed by atoms with E-state index in [2.05, 4.69) is 97.9 Å². The van der Waals surface area contributed by atoms with Crippen molar-refractivity contribution in [2.24, 2.45) is 5.92 Å². The Morgan fingerprint density at radius 2 is 0.769 bits per heavy atom. The third-order valence-electron chi connectivity index (χ3n) is 8.56. The molecule has 0 aliphatic carbocycles. The molecule has 0 amide bonds. The predicted molar refractivity (Wildman–Crippen MR) is 173 cm³/mol. The lowest BCUT2D eigenvalue weighted by Gasteiger charge is -2.29. The standard InChI is InChI=1S/C39H56/c1-2-3-4-5-6-7-8-9-10-11-12-13-14-15-16-22-33-38(34-35-27-20-17-21-28-35)39(36-29-23-18-24-30-36)37-31-25-19-26-32-37/h17-21,23-32,38-39H,2-16,22,33-34H2,1H3. The summed E-state index contributed by atoms with van der Waals surface area (Å²) < 4.78 is 0. The molecule has 0 spiro atoms. The van der Waals surface area contributed by atoms with Gasteiger partial charge < -0.3 is 0 Å². The Morgan fingerprint density at radius 1 is 0.410 bits per heavy atom. The van der Waals surface area contributed by atoms with Gasteiger partial charge in [0.25, 0.3) is 0 Å². The molecule has 0 radical (unpaired) electrons. The minimum Gasteiger partial charge on any atom is -0.0654 e. The lowest BCUT2D eigenvalue weighted by molar-refractivity contribution is 0.406. The molecule has 0 saturated heterocycles. The van der Waals surface area contributed by atoms with E-state index < -0.39 is 0 Å². The van der Waals surface area contributed by atoms with Gasteiger partial charge in [0, 0.05) is 5.92 Å². The first-order chi connectivity index (χ1) is 19.4. The lowest BCUT2D eigenvalue weighted by atomic mass is 9.75. The van der Waals surface area contributed by atoms with E-state index in [1.807, 2.05) is 0 Å². The van der Waals surface area contributed by atoms with E-state index in [0.29, 0.717) is 11.8 Å². The normalized spacial score (nSPS) is 12.2. The largest absolute Gasteiger partial charge is 0.0654 e. The molecular formula is C39H56. The summed E-state index contributed by atoms with van der Waals surface area (Å²) in [5.41, 5.74) is 4.39. The van der Waals surface area contributed by atoms with Gasteiger partial charge in [-0.25, -0.2) is 0 Å². The number of benzene rings is 3. The maximum Gasteiger partial charge on any atom is 0.0121 e. The number of hydrogen-bond acceptors (Lipinski definition) is 0. The summed E-state index contributed by atoms with van der Waals surface area (Å²) in [6, 6.07) is 33.6. The Kier molecular flexibility index (Phi) is 16.4. The molecule has 0 heterocycles. The second-order valence-corrected chi connectivity index (χ2v) is 11.8. The molecule has 212 valence electrons. The van der Waals surface area contributed by atoms with Crippen LogP contribution in [0.5, 0.6) is 0 Å². The number of hydrogen-bond donors (Lipinski definition) is 0. The molecular weight excluding hydrogens is 468 g/mol. The molecule has 0 aliphatic heterocycles. The van der Waals surface area contributed by atoms with Crippen LogP contribution >= 0.6 is 0 Å². The van der Waals surface area contributed by atoms with E-state index in [1.54, 1.807) is 0 Å². The molecule has 3 rings (SSSR count). The highest BCUT2D eigenvalue weighted by molar-refractivity contribution is 5.34. The molecule has 0 fully saturated rings. The van der Waals surface area contributed by atoms with E-state index >= 15 is 0 Å². The summed E-state index contributed by atoms with van der Waals surface area (Å²) in [7, 11) is 0. The van der Waals surface area contributed by atoms with Crippen LogP contribution in [0.4, 0.5) is 0 Å². The van der Waals surface area contributed by atoms with Gasteiger partial charge in [-0.05, 0) is 35.4 Å². The monoisotopic (exact) mass is 524 g/mol. The predicted octanol–water partition coefficient (Wildman–Crippen LogP) is 12.3. The highest BCUT2D eigenvalue weighted by atomic mass is 14.3. The summed E-state index contributed by atoms with van der Waals surface area (Å²) in [5.74, 6) is 1.06. The molecule has 0 bridgehead atoms. The second kappa shape index (κ2) is 20.5. The van der Waals surface area contributed by atoms with Crippen LogP contribution in [-0.4, -0.2) is 0 Å². The molecule has 0 saturated carbocycles. The molecule has 0 aliphatic rings. The minimum atomic E-state index is 0.448. The SMILES string of the molecule is CCCCCCCCCCCCCCCCCCC(Cc1ccccc1)C(c1ccccc1)c1ccccc1. The maximum absolute atomic E-state index is 2.34. The fraction of sp³-hybridized carbons (Fsp3) is 0.538. The van der Waals surface area contributed by atoms with Gasteiger partial charge in [0.15, 0.2) is 0 Å². The van der Waals surface area contributed by atoms with Crippen molar-refractivity contribution in [2.75, 3.05) is 0 Å². The molecule has 0 N–H and O–H groups in total. The Bertz CT molecular complexity index is 890. The lowest BCUT2D eigenvalue weighted by Crippen LogP contribution is -2.17. The van der Waals surface area contributed by atoms with Gasteiger partial charge in [0.05, 0.1) is 0 Å². The molecule has 0 nitrogen and oxygen atoms in total. The first-order valence-electron chi connectivity index (χ1n) is 16.5. The van der Waals surface area contributed by atoms with E-state index in [4.69, 9.17) is 0 Å². The van der Waals surface area contributed by atoms with Crippen LogP contribution in [-0.2, 0) is 6.42 Å². The van der Waals surface area contributed by atoms with E-state index in [-0.39, 0.29) is 0 Å². The Hall–Kier alpha value is -2.34. The smallest absolute Gasteiger partial charge is 0.0121 e. The van der Waals surface area contributed by atoms with Gasteiger partial charge in [0.2, 0.25) is 0 Å². The third-order valence-corrected chi connectivity index (χ3v) is 8.56. The Balaban J connectivity index is 1.39. The molecule has 0 aromatic heterocycles. The molecule has 1 atom stereocenters. The van der Waals surface area contributed by atoms with E-state index in [0.717, 1.165) is 6.42 Å². The van der Waals surface area contributed by atoms with Crippen LogP contribution in [0.3, 0.4) is 0 Å². The van der Waals surface area contributed by atoms with Crippen LogP contribution in [0.15, 0.2) is 91.0 Å². The molecule has 0 heteroatoms. The fourth-order valence-electron chi connectivity index (χ4n) is 6.32. The first-order valence-corrected chi connectivity index (χ1v) is 16.5. The molecule has 3 aromatic rings. The zero-order valence-corrected chi connectivity index (χ0v) is 25.0. The molecule has 39 heavy (non-hydrogen) atoms. The van der Waals surface area contributed by atoms with Crippen LogP contribution in [0.1, 0.15) is 139 Å². The van der Waals surface area contributed by atoms with Crippen molar-refractivity contribution in [3.8, 4) is 0 Å². The van der Waals surface area contributed by atoms with Gasteiger partial charge in [-0.3, -0.25) is 0 Å². The van der Waals surface area contributed by atoms with Crippen molar-refractivity contribution in [3.63, 3.8) is 0 Å². The average Bonchev–Trinajstić information content (AvgIpc) is 2.98. The van der Waals surface area contributed by atoms with Gasteiger partial charge in [-0.1, -0.05) is 201 Å². The zero-order chi connectivity index (χ0) is 27.2. The van der Waals surface area contributed by atoms with Crippen LogP contribution in [0.25, 0.3) is 0 Å². The van der Waals surface area contributed by atoms with Gasteiger partial charge >= 0.3 is 0 Å². The quantitative estimate of drug-likeness (QED) is 0.115. The summed E-state index contributed by atoms with van der Waals surface area (Å²) in [4.78, 5) is 0. The van der Waals surface area contributed by atoms with Crippen molar-refractivity contribution in [1.29, 1.82) is 0 Å². The summed E-state index contributed by atoms with van der Waals surface area (Å²) in [6.45, 7) is 2.30. The minimum absolute atomic E-state index is 0.448. The third kappa shape index (κ3) is 13.0. The number of rotatable bonds is 22. The molecule has 1 unspecified atom stereocenters. The number of unbranched alkanes of at least 4 members (excludes halogenated alkanes) is 15. The summed E-state index contributed by atoms with van der Waals surface area (Å²) >= 11 is 0. The molecule has 3 aromatic carbocycles. The van der Waals surface area contributed by atoms with Crippen molar-refractivity contribution >= 4 is 0 Å². The van der Waals surface area contributed by atoms with Crippen molar-refractivity contribution in [2.45, 2.75) is 128 Å².